The highest BCUT2D eigenvalue weighted by atomic mass is 16.5. The van der Waals surface area contributed by atoms with Crippen LogP contribution in [0.25, 0.3) is 0 Å². The number of carbonyl (C=O) groups is 1. The standard InChI is InChI=1S/C13H25NO2/c1-4-13(7-6-8-13)10-14-9-11(3)12(15)16-5-2/h11,14H,4-10H2,1-3H3. The van der Waals surface area contributed by atoms with Gasteiger partial charge in [0.15, 0.2) is 0 Å². The molecule has 3 heteroatoms. The predicted octanol–water partition coefficient (Wildman–Crippen LogP) is 2.36. The molecular formula is C13H25NO2. The van der Waals surface area contributed by atoms with Crippen LogP contribution in [0.4, 0.5) is 0 Å². The first-order valence-corrected chi connectivity index (χ1v) is 6.51. The van der Waals surface area contributed by atoms with Gasteiger partial charge in [0.1, 0.15) is 0 Å². The second-order valence-corrected chi connectivity index (χ2v) is 4.99. The molecular weight excluding hydrogens is 202 g/mol. The van der Waals surface area contributed by atoms with Gasteiger partial charge in [-0.3, -0.25) is 4.79 Å². The van der Waals surface area contributed by atoms with Gasteiger partial charge in [0, 0.05) is 13.1 Å². The van der Waals surface area contributed by atoms with E-state index < -0.39 is 0 Å². The fourth-order valence-electron chi connectivity index (χ4n) is 2.25. The molecule has 0 radical (unpaired) electrons. The highest BCUT2D eigenvalue weighted by Gasteiger charge is 2.34. The predicted molar refractivity (Wildman–Crippen MR) is 65.2 cm³/mol. The maximum Gasteiger partial charge on any atom is 0.309 e. The molecule has 0 heterocycles. The third-order valence-electron chi connectivity index (χ3n) is 3.80. The van der Waals surface area contributed by atoms with Crippen LogP contribution in [0.2, 0.25) is 0 Å². The molecule has 1 aliphatic carbocycles. The van der Waals surface area contributed by atoms with Crippen LogP contribution in [0.1, 0.15) is 46.5 Å². The smallest absolute Gasteiger partial charge is 0.309 e. The molecule has 0 spiro atoms. The molecule has 1 atom stereocenters. The SMILES string of the molecule is CCOC(=O)C(C)CNCC1(CC)CCC1. The fourth-order valence-corrected chi connectivity index (χ4v) is 2.25. The summed E-state index contributed by atoms with van der Waals surface area (Å²) in [5.41, 5.74) is 0.522. The molecule has 94 valence electrons. The van der Waals surface area contributed by atoms with Gasteiger partial charge in [-0.15, -0.1) is 0 Å². The zero-order chi connectivity index (χ0) is 12.0. The minimum atomic E-state index is -0.0887. The molecule has 1 N–H and O–H groups in total. The quantitative estimate of drug-likeness (QED) is 0.678. The van der Waals surface area contributed by atoms with Gasteiger partial charge in [-0.05, 0) is 31.6 Å². The van der Waals surface area contributed by atoms with E-state index in [0.29, 0.717) is 12.0 Å². The second kappa shape index (κ2) is 6.24. The van der Waals surface area contributed by atoms with Crippen LogP contribution in [-0.4, -0.2) is 25.7 Å². The highest BCUT2D eigenvalue weighted by molar-refractivity contribution is 5.72. The van der Waals surface area contributed by atoms with Crippen LogP contribution in [0.5, 0.6) is 0 Å². The van der Waals surface area contributed by atoms with Crippen molar-refractivity contribution in [2.24, 2.45) is 11.3 Å². The number of hydrogen-bond donors (Lipinski definition) is 1. The Morgan fingerprint density at radius 1 is 1.44 bits per heavy atom. The van der Waals surface area contributed by atoms with Gasteiger partial charge in [0.25, 0.3) is 0 Å². The van der Waals surface area contributed by atoms with E-state index in [-0.39, 0.29) is 11.9 Å². The van der Waals surface area contributed by atoms with E-state index in [1.165, 1.54) is 25.7 Å². The zero-order valence-corrected chi connectivity index (χ0v) is 10.8. The topological polar surface area (TPSA) is 38.3 Å². The van der Waals surface area contributed by atoms with E-state index in [1.807, 2.05) is 13.8 Å². The summed E-state index contributed by atoms with van der Waals surface area (Å²) in [6, 6.07) is 0. The lowest BCUT2D eigenvalue weighted by Gasteiger charge is -2.41. The minimum Gasteiger partial charge on any atom is -0.466 e. The monoisotopic (exact) mass is 227 g/mol. The summed E-state index contributed by atoms with van der Waals surface area (Å²) < 4.78 is 4.97. The molecule has 16 heavy (non-hydrogen) atoms. The molecule has 1 fully saturated rings. The number of carbonyl (C=O) groups excluding carboxylic acids is 1. The number of esters is 1. The van der Waals surface area contributed by atoms with Gasteiger partial charge in [0.2, 0.25) is 0 Å². The van der Waals surface area contributed by atoms with Crippen molar-refractivity contribution >= 4 is 5.97 Å². The summed E-state index contributed by atoms with van der Waals surface area (Å²) in [6.45, 7) is 8.29. The molecule has 1 aliphatic rings. The minimum absolute atomic E-state index is 0.0334. The van der Waals surface area contributed by atoms with Crippen molar-refractivity contribution in [2.45, 2.75) is 46.5 Å². The Bertz CT molecular complexity index is 218. The largest absolute Gasteiger partial charge is 0.466 e. The third kappa shape index (κ3) is 3.48. The summed E-state index contributed by atoms with van der Waals surface area (Å²) in [6.07, 6.45) is 5.28. The molecule has 1 unspecified atom stereocenters. The first-order valence-electron chi connectivity index (χ1n) is 6.51. The van der Waals surface area contributed by atoms with Crippen molar-refractivity contribution in [2.75, 3.05) is 19.7 Å². The third-order valence-corrected chi connectivity index (χ3v) is 3.80. The summed E-state index contributed by atoms with van der Waals surface area (Å²) >= 11 is 0. The first-order chi connectivity index (χ1) is 7.63. The van der Waals surface area contributed by atoms with Gasteiger partial charge in [-0.1, -0.05) is 20.3 Å². The van der Waals surface area contributed by atoms with Crippen molar-refractivity contribution < 1.29 is 9.53 Å². The Morgan fingerprint density at radius 2 is 2.12 bits per heavy atom. The fraction of sp³-hybridized carbons (Fsp3) is 0.923. The lowest BCUT2D eigenvalue weighted by Crippen LogP contribution is -2.41. The Kier molecular flexibility index (Phi) is 5.26. The molecule has 0 amide bonds. The molecule has 1 rings (SSSR count). The number of rotatable bonds is 7. The van der Waals surface area contributed by atoms with E-state index in [1.54, 1.807) is 0 Å². The van der Waals surface area contributed by atoms with Crippen molar-refractivity contribution in [1.82, 2.24) is 5.32 Å². The van der Waals surface area contributed by atoms with E-state index in [4.69, 9.17) is 4.74 Å². The van der Waals surface area contributed by atoms with Crippen molar-refractivity contribution in [3.8, 4) is 0 Å². The summed E-state index contributed by atoms with van der Waals surface area (Å²) in [5.74, 6) is -0.122. The zero-order valence-electron chi connectivity index (χ0n) is 10.8. The van der Waals surface area contributed by atoms with Gasteiger partial charge >= 0.3 is 5.97 Å². The van der Waals surface area contributed by atoms with Gasteiger partial charge in [-0.2, -0.15) is 0 Å². The summed E-state index contributed by atoms with van der Waals surface area (Å²) in [4.78, 5) is 11.4. The van der Waals surface area contributed by atoms with E-state index in [2.05, 4.69) is 12.2 Å². The molecule has 3 nitrogen and oxygen atoms in total. The van der Waals surface area contributed by atoms with Crippen LogP contribution in [0.15, 0.2) is 0 Å². The normalized spacial score (nSPS) is 19.9. The molecule has 1 saturated carbocycles. The molecule has 0 aromatic carbocycles. The second-order valence-electron chi connectivity index (χ2n) is 4.99. The summed E-state index contributed by atoms with van der Waals surface area (Å²) in [7, 11) is 0. The number of hydrogen-bond acceptors (Lipinski definition) is 3. The first kappa shape index (κ1) is 13.5. The Hall–Kier alpha value is -0.570. The molecule has 0 aliphatic heterocycles. The van der Waals surface area contributed by atoms with E-state index >= 15 is 0 Å². The lowest BCUT2D eigenvalue weighted by molar-refractivity contribution is -0.147. The molecule has 0 aromatic rings. The highest BCUT2D eigenvalue weighted by Crippen LogP contribution is 2.42. The van der Waals surface area contributed by atoms with Gasteiger partial charge < -0.3 is 10.1 Å². The van der Waals surface area contributed by atoms with E-state index in [9.17, 15) is 4.79 Å². The average molecular weight is 227 g/mol. The van der Waals surface area contributed by atoms with Gasteiger partial charge in [-0.25, -0.2) is 0 Å². The Balaban J connectivity index is 2.17. The number of ether oxygens (including phenoxy) is 1. The van der Waals surface area contributed by atoms with Crippen molar-refractivity contribution in [1.29, 1.82) is 0 Å². The van der Waals surface area contributed by atoms with Crippen LogP contribution in [-0.2, 0) is 9.53 Å². The Morgan fingerprint density at radius 3 is 2.56 bits per heavy atom. The van der Waals surface area contributed by atoms with Crippen molar-refractivity contribution in [3.63, 3.8) is 0 Å². The lowest BCUT2D eigenvalue weighted by atomic mass is 9.67. The molecule has 0 saturated heterocycles. The van der Waals surface area contributed by atoms with Crippen LogP contribution < -0.4 is 5.32 Å². The van der Waals surface area contributed by atoms with E-state index in [0.717, 1.165) is 13.1 Å². The molecule has 0 bridgehead atoms. The number of nitrogens with one attached hydrogen (secondary N) is 1. The Labute approximate surface area is 98.9 Å². The summed E-state index contributed by atoms with van der Waals surface area (Å²) in [5, 5.41) is 3.42. The average Bonchev–Trinajstić information content (AvgIpc) is 2.22. The molecule has 0 aromatic heterocycles. The maximum absolute atomic E-state index is 11.4. The van der Waals surface area contributed by atoms with Crippen LogP contribution >= 0.6 is 0 Å². The maximum atomic E-state index is 11.4. The van der Waals surface area contributed by atoms with Crippen LogP contribution in [0, 0.1) is 11.3 Å². The van der Waals surface area contributed by atoms with Crippen molar-refractivity contribution in [3.05, 3.63) is 0 Å². The van der Waals surface area contributed by atoms with Crippen LogP contribution in [0.3, 0.4) is 0 Å². The van der Waals surface area contributed by atoms with Gasteiger partial charge in [0.05, 0.1) is 12.5 Å².